The zero-order valence-corrected chi connectivity index (χ0v) is 6.53. The van der Waals surface area contributed by atoms with Crippen LogP contribution in [0.15, 0.2) is 24.3 Å². The summed E-state index contributed by atoms with van der Waals surface area (Å²) in [5.74, 6) is 3.82. The Labute approximate surface area is 67.1 Å². The summed E-state index contributed by atoms with van der Waals surface area (Å²) < 4.78 is 0. The molecule has 2 bridgehead atoms. The summed E-state index contributed by atoms with van der Waals surface area (Å²) in [6.45, 7) is 0. The average Bonchev–Trinajstić information content (AvgIpc) is 2.60. The van der Waals surface area contributed by atoms with Gasteiger partial charge in [0.1, 0.15) is 0 Å². The van der Waals surface area contributed by atoms with Gasteiger partial charge in [0.25, 0.3) is 0 Å². The fraction of sp³-hybridized carbons (Fsp3) is 0.600. The van der Waals surface area contributed by atoms with Crippen molar-refractivity contribution in [3.63, 3.8) is 0 Å². The first-order chi connectivity index (χ1) is 4.95. The van der Waals surface area contributed by atoms with E-state index >= 15 is 0 Å². The van der Waals surface area contributed by atoms with Gasteiger partial charge < -0.3 is 5.48 Å². The van der Waals surface area contributed by atoms with E-state index < -0.39 is 0 Å². The molecular weight excluding hydrogens is 136 g/mol. The van der Waals surface area contributed by atoms with Gasteiger partial charge in [0.05, 0.1) is 0 Å². The van der Waals surface area contributed by atoms with Crippen molar-refractivity contribution in [2.75, 3.05) is 0 Å². The molecular formula is C10H14O. The van der Waals surface area contributed by atoms with Gasteiger partial charge in [-0.05, 0) is 36.5 Å². The summed E-state index contributed by atoms with van der Waals surface area (Å²) in [4.78, 5) is 0. The predicted molar refractivity (Wildman–Crippen MR) is 45.1 cm³/mol. The molecule has 3 rings (SSSR count). The number of rotatable bonds is 0. The van der Waals surface area contributed by atoms with E-state index in [1.807, 2.05) is 0 Å². The molecule has 1 saturated carbocycles. The van der Waals surface area contributed by atoms with Crippen LogP contribution in [-0.4, -0.2) is 5.48 Å². The monoisotopic (exact) mass is 150 g/mol. The Morgan fingerprint density at radius 1 is 1.00 bits per heavy atom. The van der Waals surface area contributed by atoms with Crippen molar-refractivity contribution in [3.8, 4) is 0 Å². The SMILES string of the molecule is C1=CC2C3C=CC(C3)C2C1.O. The van der Waals surface area contributed by atoms with Crippen molar-refractivity contribution in [2.45, 2.75) is 12.8 Å². The van der Waals surface area contributed by atoms with Crippen molar-refractivity contribution in [1.29, 1.82) is 0 Å². The zero-order chi connectivity index (χ0) is 6.55. The highest BCUT2D eigenvalue weighted by Gasteiger charge is 2.44. The Morgan fingerprint density at radius 2 is 1.82 bits per heavy atom. The topological polar surface area (TPSA) is 31.5 Å². The lowest BCUT2D eigenvalue weighted by atomic mass is 9.86. The van der Waals surface area contributed by atoms with Gasteiger partial charge >= 0.3 is 0 Å². The molecule has 4 atom stereocenters. The molecule has 0 spiro atoms. The Hall–Kier alpha value is -0.560. The molecule has 3 aliphatic rings. The third kappa shape index (κ3) is 0.747. The Kier molecular flexibility index (Phi) is 1.43. The van der Waals surface area contributed by atoms with Gasteiger partial charge in [-0.15, -0.1) is 0 Å². The van der Waals surface area contributed by atoms with Gasteiger partial charge in [-0.3, -0.25) is 0 Å². The van der Waals surface area contributed by atoms with E-state index in [0.29, 0.717) is 0 Å². The summed E-state index contributed by atoms with van der Waals surface area (Å²) in [6.07, 6.45) is 12.5. The Bertz CT molecular complexity index is 217. The minimum atomic E-state index is 0. The lowest BCUT2D eigenvalue weighted by molar-refractivity contribution is 0.398. The van der Waals surface area contributed by atoms with Crippen molar-refractivity contribution in [1.82, 2.24) is 0 Å². The minimum Gasteiger partial charge on any atom is -0.412 e. The average molecular weight is 150 g/mol. The van der Waals surface area contributed by atoms with Crippen LogP contribution >= 0.6 is 0 Å². The molecule has 2 N–H and O–H groups in total. The maximum absolute atomic E-state index is 2.44. The van der Waals surface area contributed by atoms with Crippen LogP contribution < -0.4 is 0 Å². The molecule has 1 nitrogen and oxygen atoms in total. The Morgan fingerprint density at radius 3 is 2.64 bits per heavy atom. The highest BCUT2D eigenvalue weighted by molar-refractivity contribution is 5.21. The van der Waals surface area contributed by atoms with Crippen molar-refractivity contribution in [2.24, 2.45) is 23.7 Å². The predicted octanol–water partition coefficient (Wildman–Crippen LogP) is 1.56. The van der Waals surface area contributed by atoms with Crippen LogP contribution in [0.1, 0.15) is 12.8 Å². The quantitative estimate of drug-likeness (QED) is 0.469. The third-order valence-corrected chi connectivity index (χ3v) is 3.46. The van der Waals surface area contributed by atoms with Crippen LogP contribution in [0, 0.1) is 23.7 Å². The summed E-state index contributed by atoms with van der Waals surface area (Å²) in [6, 6.07) is 0. The lowest BCUT2D eigenvalue weighted by Gasteiger charge is -2.18. The van der Waals surface area contributed by atoms with Crippen LogP contribution in [0.25, 0.3) is 0 Å². The molecule has 0 aromatic rings. The fourth-order valence-electron chi connectivity index (χ4n) is 2.97. The van der Waals surface area contributed by atoms with E-state index in [2.05, 4.69) is 24.3 Å². The minimum absolute atomic E-state index is 0. The van der Waals surface area contributed by atoms with Gasteiger partial charge in [-0.1, -0.05) is 24.3 Å². The molecule has 0 aromatic heterocycles. The highest BCUT2D eigenvalue weighted by Crippen LogP contribution is 2.52. The molecule has 0 radical (unpaired) electrons. The molecule has 60 valence electrons. The van der Waals surface area contributed by atoms with Gasteiger partial charge in [0.2, 0.25) is 0 Å². The number of hydrogen-bond donors (Lipinski definition) is 0. The van der Waals surface area contributed by atoms with Crippen LogP contribution in [0.2, 0.25) is 0 Å². The second-order valence-corrected chi connectivity index (χ2v) is 3.85. The molecule has 1 fully saturated rings. The summed E-state index contributed by atoms with van der Waals surface area (Å²) >= 11 is 0. The van der Waals surface area contributed by atoms with Gasteiger partial charge in [-0.25, -0.2) is 0 Å². The molecule has 4 unspecified atom stereocenters. The van der Waals surface area contributed by atoms with Crippen LogP contribution in [0.4, 0.5) is 0 Å². The van der Waals surface area contributed by atoms with Gasteiger partial charge in [-0.2, -0.15) is 0 Å². The van der Waals surface area contributed by atoms with E-state index in [0.717, 1.165) is 23.7 Å². The van der Waals surface area contributed by atoms with Gasteiger partial charge in [0.15, 0.2) is 0 Å². The van der Waals surface area contributed by atoms with Gasteiger partial charge in [0, 0.05) is 0 Å². The second-order valence-electron chi connectivity index (χ2n) is 3.85. The molecule has 0 saturated heterocycles. The second kappa shape index (κ2) is 2.21. The maximum atomic E-state index is 2.44. The van der Waals surface area contributed by atoms with Crippen LogP contribution in [-0.2, 0) is 0 Å². The molecule has 3 aliphatic carbocycles. The molecule has 0 heterocycles. The third-order valence-electron chi connectivity index (χ3n) is 3.46. The molecule has 0 aromatic carbocycles. The largest absolute Gasteiger partial charge is 0.412 e. The summed E-state index contributed by atoms with van der Waals surface area (Å²) in [5, 5.41) is 0. The molecule has 11 heavy (non-hydrogen) atoms. The number of fused-ring (bicyclic) bond motifs is 5. The van der Waals surface area contributed by atoms with Crippen molar-refractivity contribution in [3.05, 3.63) is 24.3 Å². The van der Waals surface area contributed by atoms with Crippen molar-refractivity contribution < 1.29 is 5.48 Å². The Balaban J connectivity index is 0.000000480. The fourth-order valence-corrected chi connectivity index (χ4v) is 2.97. The van der Waals surface area contributed by atoms with Crippen LogP contribution in [0.5, 0.6) is 0 Å². The van der Waals surface area contributed by atoms with E-state index in [-0.39, 0.29) is 5.48 Å². The number of hydrogen-bond acceptors (Lipinski definition) is 0. The first kappa shape index (κ1) is 7.11. The first-order valence-electron chi connectivity index (χ1n) is 4.30. The smallest absolute Gasteiger partial charge is 0.0133 e. The normalized spacial score (nSPS) is 49.5. The zero-order valence-electron chi connectivity index (χ0n) is 6.53. The highest BCUT2D eigenvalue weighted by atomic mass is 16.0. The maximum Gasteiger partial charge on any atom is -0.0133 e. The molecule has 1 heteroatoms. The van der Waals surface area contributed by atoms with Crippen LogP contribution in [0.3, 0.4) is 0 Å². The summed E-state index contributed by atoms with van der Waals surface area (Å²) in [7, 11) is 0. The van der Waals surface area contributed by atoms with E-state index in [1.54, 1.807) is 0 Å². The lowest BCUT2D eigenvalue weighted by Crippen LogP contribution is -2.12. The number of allylic oxidation sites excluding steroid dienone is 4. The van der Waals surface area contributed by atoms with Crippen molar-refractivity contribution >= 4 is 0 Å². The first-order valence-corrected chi connectivity index (χ1v) is 4.30. The molecule has 0 amide bonds. The standard InChI is InChI=1S/C10H12.H2O/c1-2-9-7-4-5-8(6-7)10(9)3-1;/h1-2,4-5,7-10H,3,6H2;1H2. The van der Waals surface area contributed by atoms with E-state index in [1.165, 1.54) is 12.8 Å². The van der Waals surface area contributed by atoms with E-state index in [9.17, 15) is 0 Å². The van der Waals surface area contributed by atoms with E-state index in [4.69, 9.17) is 0 Å². The molecule has 0 aliphatic heterocycles. The summed E-state index contributed by atoms with van der Waals surface area (Å²) in [5.41, 5.74) is 0.